The van der Waals surface area contributed by atoms with Gasteiger partial charge < -0.3 is 10.2 Å². The Bertz CT molecular complexity index is 456. The summed E-state index contributed by atoms with van der Waals surface area (Å²) in [5.74, 6) is 1.31. The lowest BCUT2D eigenvalue weighted by atomic mass is 10.00. The first-order chi connectivity index (χ1) is 9.56. The van der Waals surface area contributed by atoms with Gasteiger partial charge in [-0.3, -0.25) is 4.79 Å². The highest BCUT2D eigenvalue weighted by atomic mass is 16.2. The number of anilines is 1. The molecule has 2 N–H and O–H groups in total. The number of carbonyl (C=O) groups is 1. The van der Waals surface area contributed by atoms with E-state index in [1.54, 1.807) is 0 Å². The molecule has 3 nitrogen and oxygen atoms in total. The minimum Gasteiger partial charge on any atom is -0.327 e. The molecular formula is C17H27N2O+. The highest BCUT2D eigenvalue weighted by Crippen LogP contribution is 2.23. The maximum atomic E-state index is 12.2. The molecule has 0 spiro atoms. The first kappa shape index (κ1) is 15.0. The molecule has 0 saturated carbocycles. The quantitative estimate of drug-likeness (QED) is 0.866. The Kier molecular flexibility index (Phi) is 5.18. The summed E-state index contributed by atoms with van der Waals surface area (Å²) in [7, 11) is 0. The maximum absolute atomic E-state index is 12.2. The Hall–Kier alpha value is -1.35. The van der Waals surface area contributed by atoms with Crippen LogP contribution in [0, 0.1) is 5.92 Å². The summed E-state index contributed by atoms with van der Waals surface area (Å²) in [6, 6.07) is 8.11. The van der Waals surface area contributed by atoms with Crippen molar-refractivity contribution in [1.82, 2.24) is 0 Å². The molecule has 1 aliphatic heterocycles. The summed E-state index contributed by atoms with van der Waals surface area (Å²) in [6.45, 7) is 9.44. The zero-order valence-corrected chi connectivity index (χ0v) is 12.9. The fourth-order valence-corrected chi connectivity index (χ4v) is 3.09. The van der Waals surface area contributed by atoms with E-state index in [9.17, 15) is 4.79 Å². The van der Waals surface area contributed by atoms with Gasteiger partial charge in [-0.25, -0.2) is 0 Å². The van der Waals surface area contributed by atoms with Crippen molar-refractivity contribution in [3.8, 4) is 0 Å². The molecule has 1 heterocycles. The number of carbonyl (C=O) groups excluding carboxylic acids is 1. The monoisotopic (exact) mass is 275 g/mol. The minimum absolute atomic E-state index is 0.141. The van der Waals surface area contributed by atoms with Crippen molar-refractivity contribution >= 4 is 11.6 Å². The van der Waals surface area contributed by atoms with Crippen LogP contribution in [0.2, 0.25) is 0 Å². The predicted molar refractivity (Wildman–Crippen MR) is 83.1 cm³/mol. The highest BCUT2D eigenvalue weighted by molar-refractivity contribution is 5.92. The van der Waals surface area contributed by atoms with E-state index in [4.69, 9.17) is 0 Å². The third-order valence-corrected chi connectivity index (χ3v) is 4.13. The molecule has 1 fully saturated rings. The number of rotatable bonds is 4. The van der Waals surface area contributed by atoms with E-state index in [-0.39, 0.29) is 5.91 Å². The van der Waals surface area contributed by atoms with Crippen LogP contribution in [0.4, 0.5) is 5.69 Å². The summed E-state index contributed by atoms with van der Waals surface area (Å²) in [4.78, 5) is 13.6. The zero-order chi connectivity index (χ0) is 14.5. The Morgan fingerprint density at radius 3 is 2.85 bits per heavy atom. The van der Waals surface area contributed by atoms with Gasteiger partial charge in [0.15, 0.2) is 6.54 Å². The fraction of sp³-hybridized carbons (Fsp3) is 0.588. The van der Waals surface area contributed by atoms with Gasteiger partial charge in [0, 0.05) is 11.6 Å². The first-order valence-corrected chi connectivity index (χ1v) is 7.78. The van der Waals surface area contributed by atoms with Gasteiger partial charge in [0.2, 0.25) is 0 Å². The summed E-state index contributed by atoms with van der Waals surface area (Å²) < 4.78 is 0. The lowest BCUT2D eigenvalue weighted by Gasteiger charge is -2.27. The Morgan fingerprint density at radius 1 is 1.40 bits per heavy atom. The molecule has 1 aromatic rings. The highest BCUT2D eigenvalue weighted by Gasteiger charge is 2.22. The average molecular weight is 275 g/mol. The number of nitrogens with one attached hydrogen (secondary N) is 2. The number of hydrogen-bond acceptors (Lipinski definition) is 1. The molecule has 0 aliphatic carbocycles. The second-order valence-corrected chi connectivity index (χ2v) is 6.42. The molecule has 3 heteroatoms. The van der Waals surface area contributed by atoms with Crippen molar-refractivity contribution in [2.24, 2.45) is 5.92 Å². The van der Waals surface area contributed by atoms with Crippen LogP contribution >= 0.6 is 0 Å². The Balaban J connectivity index is 1.94. The molecule has 1 saturated heterocycles. The van der Waals surface area contributed by atoms with Crippen LogP contribution in [0.5, 0.6) is 0 Å². The van der Waals surface area contributed by atoms with Gasteiger partial charge in [0.25, 0.3) is 5.91 Å². The molecule has 2 rings (SSSR count). The van der Waals surface area contributed by atoms with E-state index in [0.717, 1.165) is 24.7 Å². The van der Waals surface area contributed by atoms with Crippen LogP contribution in [-0.2, 0) is 4.79 Å². The van der Waals surface area contributed by atoms with Crippen LogP contribution in [0.3, 0.4) is 0 Å². The molecule has 110 valence electrons. The summed E-state index contributed by atoms with van der Waals surface area (Å²) in [5, 5.41) is 3.09. The Morgan fingerprint density at radius 2 is 2.15 bits per heavy atom. The second kappa shape index (κ2) is 6.89. The number of hydrogen-bond donors (Lipinski definition) is 2. The molecule has 1 unspecified atom stereocenters. The fourth-order valence-electron chi connectivity index (χ4n) is 3.09. The molecule has 1 aromatic carbocycles. The third kappa shape index (κ3) is 4.07. The van der Waals surface area contributed by atoms with E-state index in [1.807, 2.05) is 18.2 Å². The van der Waals surface area contributed by atoms with Gasteiger partial charge in [-0.2, -0.15) is 0 Å². The molecule has 1 amide bonds. The number of likely N-dealkylation sites (tertiary alicyclic amines) is 1. The van der Waals surface area contributed by atoms with Crippen molar-refractivity contribution in [3.63, 3.8) is 0 Å². The average Bonchev–Trinajstić information content (AvgIpc) is 2.38. The maximum Gasteiger partial charge on any atom is 0.279 e. The predicted octanol–water partition coefficient (Wildman–Crippen LogP) is 2.06. The lowest BCUT2D eigenvalue weighted by Crippen LogP contribution is -3.14. The van der Waals surface area contributed by atoms with Crippen LogP contribution in [0.25, 0.3) is 0 Å². The molecule has 0 radical (unpaired) electrons. The van der Waals surface area contributed by atoms with Gasteiger partial charge in [-0.15, -0.1) is 0 Å². The summed E-state index contributed by atoms with van der Waals surface area (Å²) in [6.07, 6.45) is 2.55. The van der Waals surface area contributed by atoms with Gasteiger partial charge in [-0.05, 0) is 30.4 Å². The first-order valence-electron chi connectivity index (χ1n) is 7.78. The van der Waals surface area contributed by atoms with E-state index < -0.39 is 0 Å². The van der Waals surface area contributed by atoms with Crippen molar-refractivity contribution in [2.75, 3.05) is 25.0 Å². The standard InChI is InChI=1S/C17H26N2O/c1-13(2)15-8-4-5-9-16(15)18-17(20)12-19-10-6-7-14(3)11-19/h4-5,8-9,13-14H,6-7,10-12H2,1-3H3,(H,18,20)/p+1/t14-/m0/s1. The van der Waals surface area contributed by atoms with Crippen LogP contribution in [0.15, 0.2) is 24.3 Å². The molecule has 20 heavy (non-hydrogen) atoms. The van der Waals surface area contributed by atoms with Gasteiger partial charge in [0.05, 0.1) is 13.1 Å². The van der Waals surface area contributed by atoms with Gasteiger partial charge in [0.1, 0.15) is 0 Å². The third-order valence-electron chi connectivity index (χ3n) is 4.13. The minimum atomic E-state index is 0.141. The second-order valence-electron chi connectivity index (χ2n) is 6.42. The molecule has 1 aliphatic rings. The number of benzene rings is 1. The van der Waals surface area contributed by atoms with E-state index >= 15 is 0 Å². The van der Waals surface area contributed by atoms with Crippen LogP contribution in [-0.4, -0.2) is 25.5 Å². The SMILES string of the molecule is CC(C)c1ccccc1NC(=O)C[NH+]1CCC[C@H](C)C1. The molecule has 0 aromatic heterocycles. The topological polar surface area (TPSA) is 33.5 Å². The van der Waals surface area contributed by atoms with Gasteiger partial charge >= 0.3 is 0 Å². The van der Waals surface area contributed by atoms with Crippen LogP contribution < -0.4 is 10.2 Å². The summed E-state index contributed by atoms with van der Waals surface area (Å²) >= 11 is 0. The van der Waals surface area contributed by atoms with Crippen molar-refractivity contribution < 1.29 is 9.69 Å². The Labute approximate surface area is 122 Å². The normalized spacial score (nSPS) is 22.8. The lowest BCUT2D eigenvalue weighted by molar-refractivity contribution is -0.900. The smallest absolute Gasteiger partial charge is 0.279 e. The number of quaternary nitrogens is 1. The largest absolute Gasteiger partial charge is 0.327 e. The molecule has 2 atom stereocenters. The van der Waals surface area contributed by atoms with E-state index in [0.29, 0.717) is 12.5 Å². The molecule has 0 bridgehead atoms. The van der Waals surface area contributed by atoms with Crippen LogP contribution in [0.1, 0.15) is 45.1 Å². The van der Waals surface area contributed by atoms with Crippen molar-refractivity contribution in [1.29, 1.82) is 0 Å². The number of piperidine rings is 1. The van der Waals surface area contributed by atoms with E-state index in [2.05, 4.69) is 32.2 Å². The van der Waals surface area contributed by atoms with E-state index in [1.165, 1.54) is 23.3 Å². The molecular weight excluding hydrogens is 248 g/mol. The summed E-state index contributed by atoms with van der Waals surface area (Å²) in [5.41, 5.74) is 2.18. The van der Waals surface area contributed by atoms with Crippen molar-refractivity contribution in [3.05, 3.63) is 29.8 Å². The van der Waals surface area contributed by atoms with Gasteiger partial charge in [-0.1, -0.05) is 39.0 Å². The van der Waals surface area contributed by atoms with Crippen molar-refractivity contribution in [2.45, 2.75) is 39.5 Å². The number of para-hydroxylation sites is 1. The zero-order valence-electron chi connectivity index (χ0n) is 12.9. The number of amides is 1.